The first kappa shape index (κ1) is 14.4. The molecule has 1 aliphatic rings. The molecular weight excluding hydrogens is 256 g/mol. The van der Waals surface area contributed by atoms with E-state index in [0.717, 1.165) is 17.2 Å². The van der Waals surface area contributed by atoms with Gasteiger partial charge in [0.25, 0.3) is 0 Å². The lowest BCUT2D eigenvalue weighted by Gasteiger charge is -2.26. The number of carbonyl (C=O) groups is 1. The summed E-state index contributed by atoms with van der Waals surface area (Å²) in [6, 6.07) is 5.15. The van der Waals surface area contributed by atoms with Crippen LogP contribution in [-0.4, -0.2) is 16.1 Å². The van der Waals surface area contributed by atoms with E-state index in [2.05, 4.69) is 6.92 Å². The summed E-state index contributed by atoms with van der Waals surface area (Å²) in [7, 11) is 0. The van der Waals surface area contributed by atoms with Gasteiger partial charge in [-0.1, -0.05) is 19.8 Å². The number of hydrogen-bond acceptors (Lipinski definition) is 3. The highest BCUT2D eigenvalue weighted by atomic mass is 32.2. The Morgan fingerprint density at radius 1 is 1.42 bits per heavy atom. The van der Waals surface area contributed by atoms with Crippen LogP contribution >= 0.6 is 11.8 Å². The summed E-state index contributed by atoms with van der Waals surface area (Å²) in [5.74, 6) is 1.98. The molecule has 104 valence electrons. The molecule has 1 fully saturated rings. The first-order valence-corrected chi connectivity index (χ1v) is 8.05. The van der Waals surface area contributed by atoms with Crippen molar-refractivity contribution >= 4 is 17.5 Å². The van der Waals surface area contributed by atoms with E-state index in [1.165, 1.54) is 25.7 Å². The molecule has 1 aromatic carbocycles. The zero-order valence-electron chi connectivity index (χ0n) is 11.7. The highest BCUT2D eigenvalue weighted by Gasteiger charge is 2.19. The maximum absolute atomic E-state index is 11.4. The lowest BCUT2D eigenvalue weighted by Crippen LogP contribution is -2.15. The molecule has 2 atom stereocenters. The van der Waals surface area contributed by atoms with Crippen LogP contribution in [0.15, 0.2) is 18.2 Å². The fraction of sp³-hybridized carbons (Fsp3) is 0.562. The van der Waals surface area contributed by atoms with Gasteiger partial charge in [0.2, 0.25) is 0 Å². The van der Waals surface area contributed by atoms with Gasteiger partial charge in [-0.05, 0) is 43.9 Å². The van der Waals surface area contributed by atoms with Gasteiger partial charge in [0.1, 0.15) is 5.75 Å². The Morgan fingerprint density at radius 2 is 2.21 bits per heavy atom. The molecule has 2 nitrogen and oxygen atoms in total. The molecule has 0 aromatic heterocycles. The van der Waals surface area contributed by atoms with Crippen LogP contribution < -0.4 is 0 Å². The van der Waals surface area contributed by atoms with E-state index in [1.54, 1.807) is 19.1 Å². The molecule has 0 heterocycles. The molecule has 0 saturated heterocycles. The predicted octanol–water partition coefficient (Wildman–Crippen LogP) is 4.41. The maximum Gasteiger partial charge on any atom is 0.159 e. The number of hydrogen-bond donors (Lipinski definition) is 1. The molecule has 0 radical (unpaired) electrons. The third kappa shape index (κ3) is 4.00. The summed E-state index contributed by atoms with van der Waals surface area (Å²) in [5, 5.41) is 10.6. The molecule has 1 aliphatic carbocycles. The Kier molecular flexibility index (Phi) is 4.92. The van der Waals surface area contributed by atoms with E-state index in [1.807, 2.05) is 17.8 Å². The highest BCUT2D eigenvalue weighted by molar-refractivity contribution is 7.99. The topological polar surface area (TPSA) is 37.3 Å². The summed E-state index contributed by atoms with van der Waals surface area (Å²) in [4.78, 5) is 11.4. The highest BCUT2D eigenvalue weighted by Crippen LogP contribution is 2.35. The molecule has 2 rings (SSSR count). The monoisotopic (exact) mass is 278 g/mol. The normalized spacial score (nSPS) is 23.3. The average Bonchev–Trinajstić information content (AvgIpc) is 2.37. The Morgan fingerprint density at radius 3 is 2.89 bits per heavy atom. The number of ketones is 1. The van der Waals surface area contributed by atoms with Gasteiger partial charge >= 0.3 is 0 Å². The second-order valence-corrected chi connectivity index (χ2v) is 6.89. The van der Waals surface area contributed by atoms with E-state index >= 15 is 0 Å². The second-order valence-electron chi connectivity index (χ2n) is 5.60. The van der Waals surface area contributed by atoms with E-state index in [0.29, 0.717) is 16.6 Å². The maximum atomic E-state index is 11.4. The van der Waals surface area contributed by atoms with Gasteiger partial charge < -0.3 is 5.11 Å². The molecule has 2 unspecified atom stereocenters. The molecule has 0 amide bonds. The SMILES string of the molecule is CC(=O)c1ccc(O)c(CSC2CCCC(C)C2)c1. The molecular formula is C16H22O2S. The minimum absolute atomic E-state index is 0.0533. The summed E-state index contributed by atoms with van der Waals surface area (Å²) in [6.07, 6.45) is 5.22. The van der Waals surface area contributed by atoms with Crippen LogP contribution in [0.4, 0.5) is 0 Å². The smallest absolute Gasteiger partial charge is 0.159 e. The third-order valence-electron chi connectivity index (χ3n) is 3.85. The van der Waals surface area contributed by atoms with Crippen LogP contribution in [0.5, 0.6) is 5.75 Å². The Bertz CT molecular complexity index is 456. The molecule has 0 aliphatic heterocycles. The van der Waals surface area contributed by atoms with Crippen LogP contribution in [0.3, 0.4) is 0 Å². The van der Waals surface area contributed by atoms with Gasteiger partial charge in [0, 0.05) is 22.1 Å². The van der Waals surface area contributed by atoms with Crippen LogP contribution in [0.2, 0.25) is 0 Å². The number of Topliss-reactive ketones (excluding diaryl/α,β-unsaturated/α-hetero) is 1. The molecule has 1 saturated carbocycles. The Labute approximate surface area is 119 Å². The van der Waals surface area contributed by atoms with Crippen molar-refractivity contribution < 1.29 is 9.90 Å². The second kappa shape index (κ2) is 6.47. The summed E-state index contributed by atoms with van der Waals surface area (Å²) in [6.45, 7) is 3.88. The Hall–Kier alpha value is -0.960. The van der Waals surface area contributed by atoms with E-state index in [4.69, 9.17) is 0 Å². The van der Waals surface area contributed by atoms with Crippen molar-refractivity contribution in [2.75, 3.05) is 0 Å². The number of aromatic hydroxyl groups is 1. The number of thioether (sulfide) groups is 1. The molecule has 1 N–H and O–H groups in total. The number of phenolic OH excluding ortho intramolecular Hbond substituents is 1. The van der Waals surface area contributed by atoms with Crippen molar-refractivity contribution in [3.05, 3.63) is 29.3 Å². The number of phenols is 1. The summed E-state index contributed by atoms with van der Waals surface area (Å²) < 4.78 is 0. The minimum Gasteiger partial charge on any atom is -0.508 e. The van der Waals surface area contributed by atoms with Gasteiger partial charge in [0.15, 0.2) is 5.78 Å². The van der Waals surface area contributed by atoms with Crippen molar-refractivity contribution in [3.8, 4) is 5.75 Å². The van der Waals surface area contributed by atoms with Crippen LogP contribution in [0, 0.1) is 5.92 Å². The number of carbonyl (C=O) groups excluding carboxylic acids is 1. The number of rotatable bonds is 4. The van der Waals surface area contributed by atoms with Crippen molar-refractivity contribution in [1.82, 2.24) is 0 Å². The predicted molar refractivity (Wildman–Crippen MR) is 80.8 cm³/mol. The average molecular weight is 278 g/mol. The van der Waals surface area contributed by atoms with Gasteiger partial charge in [-0.2, -0.15) is 11.8 Å². The quantitative estimate of drug-likeness (QED) is 0.829. The zero-order valence-corrected chi connectivity index (χ0v) is 12.5. The van der Waals surface area contributed by atoms with Gasteiger partial charge in [-0.15, -0.1) is 0 Å². The van der Waals surface area contributed by atoms with Crippen molar-refractivity contribution in [2.45, 2.75) is 50.5 Å². The van der Waals surface area contributed by atoms with Crippen molar-refractivity contribution in [3.63, 3.8) is 0 Å². The molecule has 0 spiro atoms. The van der Waals surface area contributed by atoms with E-state index < -0.39 is 0 Å². The molecule has 1 aromatic rings. The third-order valence-corrected chi connectivity index (χ3v) is 5.23. The van der Waals surface area contributed by atoms with E-state index in [9.17, 15) is 9.90 Å². The van der Waals surface area contributed by atoms with E-state index in [-0.39, 0.29) is 5.78 Å². The van der Waals surface area contributed by atoms with Gasteiger partial charge in [0.05, 0.1) is 0 Å². The summed E-state index contributed by atoms with van der Waals surface area (Å²) >= 11 is 1.92. The van der Waals surface area contributed by atoms with Gasteiger partial charge in [-0.25, -0.2) is 0 Å². The minimum atomic E-state index is 0.0533. The first-order chi connectivity index (χ1) is 9.06. The standard InChI is InChI=1S/C16H22O2S/c1-11-4-3-5-15(8-11)19-10-14-9-13(12(2)17)6-7-16(14)18/h6-7,9,11,15,18H,3-5,8,10H2,1-2H3. The van der Waals surface area contributed by atoms with Crippen LogP contribution in [0.1, 0.15) is 55.5 Å². The Balaban J connectivity index is 1.98. The zero-order chi connectivity index (χ0) is 13.8. The molecule has 19 heavy (non-hydrogen) atoms. The lowest BCUT2D eigenvalue weighted by atomic mass is 9.91. The lowest BCUT2D eigenvalue weighted by molar-refractivity contribution is 0.101. The summed E-state index contributed by atoms with van der Waals surface area (Å²) in [5.41, 5.74) is 1.57. The van der Waals surface area contributed by atoms with Gasteiger partial charge in [-0.3, -0.25) is 4.79 Å². The molecule has 3 heteroatoms. The fourth-order valence-corrected chi connectivity index (χ4v) is 4.10. The number of benzene rings is 1. The van der Waals surface area contributed by atoms with Crippen LogP contribution in [0.25, 0.3) is 0 Å². The fourth-order valence-electron chi connectivity index (χ4n) is 2.66. The van der Waals surface area contributed by atoms with Crippen LogP contribution in [-0.2, 0) is 5.75 Å². The largest absolute Gasteiger partial charge is 0.508 e. The van der Waals surface area contributed by atoms with Crippen molar-refractivity contribution in [2.24, 2.45) is 5.92 Å². The molecule has 0 bridgehead atoms. The van der Waals surface area contributed by atoms with Crippen molar-refractivity contribution in [1.29, 1.82) is 0 Å². The first-order valence-electron chi connectivity index (χ1n) is 7.00.